The van der Waals surface area contributed by atoms with E-state index < -0.39 is 5.91 Å². The molecule has 2 aromatic carbocycles. The van der Waals surface area contributed by atoms with E-state index in [-0.39, 0.29) is 18.6 Å². The van der Waals surface area contributed by atoms with Crippen LogP contribution in [0.3, 0.4) is 0 Å². The lowest BCUT2D eigenvalue weighted by Crippen LogP contribution is -2.44. The topological polar surface area (TPSA) is 81.9 Å². The quantitative estimate of drug-likeness (QED) is 0.899. The molecule has 130 valence electrons. The zero-order chi connectivity index (χ0) is 17.6. The van der Waals surface area contributed by atoms with Crippen LogP contribution in [0.2, 0.25) is 0 Å². The highest BCUT2D eigenvalue weighted by Crippen LogP contribution is 2.22. The minimum Gasteiger partial charge on any atom is -0.484 e. The molecule has 6 heteroatoms. The second kappa shape index (κ2) is 7.81. The van der Waals surface area contributed by atoms with E-state index in [0.717, 1.165) is 5.56 Å². The number of morpholine rings is 1. The van der Waals surface area contributed by atoms with Crippen molar-refractivity contribution in [1.82, 2.24) is 4.90 Å². The molecule has 0 spiro atoms. The Bertz CT molecular complexity index is 731. The number of ether oxygens (including phenoxy) is 2. The molecular formula is C19H20N2O4. The highest BCUT2D eigenvalue weighted by atomic mass is 16.5. The molecule has 2 N–H and O–H groups in total. The fourth-order valence-corrected chi connectivity index (χ4v) is 2.70. The highest BCUT2D eigenvalue weighted by molar-refractivity contribution is 5.92. The summed E-state index contributed by atoms with van der Waals surface area (Å²) in [5, 5.41) is 0. The van der Waals surface area contributed by atoms with Gasteiger partial charge in [-0.3, -0.25) is 9.59 Å². The van der Waals surface area contributed by atoms with E-state index in [4.69, 9.17) is 15.2 Å². The number of rotatable bonds is 5. The van der Waals surface area contributed by atoms with Gasteiger partial charge in [0.15, 0.2) is 6.61 Å². The van der Waals surface area contributed by atoms with Crippen LogP contribution in [0.15, 0.2) is 54.6 Å². The number of carbonyl (C=O) groups excluding carboxylic acids is 2. The third kappa shape index (κ3) is 4.36. The molecule has 6 nitrogen and oxygen atoms in total. The molecule has 1 aliphatic rings. The van der Waals surface area contributed by atoms with Gasteiger partial charge in [-0.05, 0) is 29.8 Å². The molecule has 2 aromatic rings. The summed E-state index contributed by atoms with van der Waals surface area (Å²) in [7, 11) is 0. The van der Waals surface area contributed by atoms with Gasteiger partial charge in [-0.15, -0.1) is 0 Å². The smallest absolute Gasteiger partial charge is 0.260 e. The SMILES string of the molecule is NC(=O)c1ccc(OCC(=O)N2CCO[C@H](c3ccccc3)C2)cc1. The van der Waals surface area contributed by atoms with Gasteiger partial charge in [-0.2, -0.15) is 0 Å². The number of hydrogen-bond acceptors (Lipinski definition) is 4. The number of hydrogen-bond donors (Lipinski definition) is 1. The van der Waals surface area contributed by atoms with Crippen LogP contribution in [0.1, 0.15) is 22.0 Å². The van der Waals surface area contributed by atoms with Crippen molar-refractivity contribution >= 4 is 11.8 Å². The average molecular weight is 340 g/mol. The van der Waals surface area contributed by atoms with Crippen LogP contribution >= 0.6 is 0 Å². The van der Waals surface area contributed by atoms with E-state index in [1.165, 1.54) is 0 Å². The van der Waals surface area contributed by atoms with E-state index >= 15 is 0 Å². The van der Waals surface area contributed by atoms with Crippen molar-refractivity contribution in [2.45, 2.75) is 6.10 Å². The van der Waals surface area contributed by atoms with E-state index in [0.29, 0.717) is 31.0 Å². The minimum atomic E-state index is -0.497. The summed E-state index contributed by atoms with van der Waals surface area (Å²) in [6.07, 6.45) is -0.117. The molecule has 1 saturated heterocycles. The van der Waals surface area contributed by atoms with Gasteiger partial charge in [-0.1, -0.05) is 30.3 Å². The van der Waals surface area contributed by atoms with Crippen molar-refractivity contribution in [3.05, 3.63) is 65.7 Å². The van der Waals surface area contributed by atoms with Crippen LogP contribution in [-0.4, -0.2) is 43.0 Å². The molecule has 1 fully saturated rings. The maximum Gasteiger partial charge on any atom is 0.260 e. The number of nitrogens with zero attached hydrogens (tertiary/aromatic N) is 1. The Morgan fingerprint density at radius 1 is 1.12 bits per heavy atom. The van der Waals surface area contributed by atoms with Gasteiger partial charge in [0.1, 0.15) is 11.9 Å². The van der Waals surface area contributed by atoms with Crippen molar-refractivity contribution < 1.29 is 19.1 Å². The summed E-state index contributed by atoms with van der Waals surface area (Å²) in [6.45, 7) is 1.50. The lowest BCUT2D eigenvalue weighted by atomic mass is 10.1. The largest absolute Gasteiger partial charge is 0.484 e. The van der Waals surface area contributed by atoms with Gasteiger partial charge >= 0.3 is 0 Å². The van der Waals surface area contributed by atoms with Crippen LogP contribution in [-0.2, 0) is 9.53 Å². The summed E-state index contributed by atoms with van der Waals surface area (Å²) >= 11 is 0. The summed E-state index contributed by atoms with van der Waals surface area (Å²) in [6, 6.07) is 16.2. The predicted octanol–water partition coefficient (Wildman–Crippen LogP) is 1.76. The van der Waals surface area contributed by atoms with Crippen LogP contribution in [0.4, 0.5) is 0 Å². The Hall–Kier alpha value is -2.86. The lowest BCUT2D eigenvalue weighted by molar-refractivity contribution is -0.141. The van der Waals surface area contributed by atoms with Crippen LogP contribution in [0, 0.1) is 0 Å². The lowest BCUT2D eigenvalue weighted by Gasteiger charge is -2.33. The Morgan fingerprint density at radius 3 is 2.52 bits per heavy atom. The van der Waals surface area contributed by atoms with Crippen LogP contribution < -0.4 is 10.5 Å². The Labute approximate surface area is 146 Å². The van der Waals surface area contributed by atoms with Crippen LogP contribution in [0.25, 0.3) is 0 Å². The first-order valence-electron chi connectivity index (χ1n) is 8.10. The molecule has 1 atom stereocenters. The van der Waals surface area contributed by atoms with Crippen molar-refractivity contribution in [1.29, 1.82) is 0 Å². The molecule has 1 aliphatic heterocycles. The Kier molecular flexibility index (Phi) is 5.30. The molecule has 1 heterocycles. The van der Waals surface area contributed by atoms with Crippen molar-refractivity contribution in [2.24, 2.45) is 5.73 Å². The summed E-state index contributed by atoms with van der Waals surface area (Å²) < 4.78 is 11.3. The Balaban J connectivity index is 1.55. The second-order valence-corrected chi connectivity index (χ2v) is 5.79. The molecule has 0 radical (unpaired) electrons. The first kappa shape index (κ1) is 17.0. The molecule has 25 heavy (non-hydrogen) atoms. The molecule has 0 saturated carbocycles. The van der Waals surface area contributed by atoms with Crippen molar-refractivity contribution in [3.8, 4) is 5.75 Å². The molecule has 0 unspecified atom stereocenters. The molecule has 0 aromatic heterocycles. The first-order chi connectivity index (χ1) is 12.1. The van der Waals surface area contributed by atoms with Gasteiger partial charge in [0.2, 0.25) is 5.91 Å². The van der Waals surface area contributed by atoms with Crippen molar-refractivity contribution in [2.75, 3.05) is 26.3 Å². The molecule has 2 amide bonds. The summed E-state index contributed by atoms with van der Waals surface area (Å²) in [5.74, 6) is -0.0719. The van der Waals surface area contributed by atoms with Gasteiger partial charge < -0.3 is 20.1 Å². The fourth-order valence-electron chi connectivity index (χ4n) is 2.70. The summed E-state index contributed by atoms with van der Waals surface area (Å²) in [5.41, 5.74) is 6.65. The van der Waals surface area contributed by atoms with Crippen LogP contribution in [0.5, 0.6) is 5.75 Å². The van der Waals surface area contributed by atoms with E-state index in [9.17, 15) is 9.59 Å². The normalized spacial score (nSPS) is 17.1. The Morgan fingerprint density at radius 2 is 1.84 bits per heavy atom. The standard InChI is InChI=1S/C19H20N2O4/c20-19(23)15-6-8-16(9-7-15)25-13-18(22)21-10-11-24-17(12-21)14-4-2-1-3-5-14/h1-9,17H,10-13H2,(H2,20,23)/t17-/m0/s1. The summed E-state index contributed by atoms with van der Waals surface area (Å²) in [4.78, 5) is 25.2. The number of benzene rings is 2. The zero-order valence-electron chi connectivity index (χ0n) is 13.8. The predicted molar refractivity (Wildman–Crippen MR) is 92.2 cm³/mol. The fraction of sp³-hybridized carbons (Fsp3) is 0.263. The zero-order valence-corrected chi connectivity index (χ0v) is 13.8. The highest BCUT2D eigenvalue weighted by Gasteiger charge is 2.25. The first-order valence-corrected chi connectivity index (χ1v) is 8.10. The number of amides is 2. The average Bonchev–Trinajstić information content (AvgIpc) is 2.67. The molecule has 0 aliphatic carbocycles. The molecular weight excluding hydrogens is 320 g/mol. The van der Waals surface area contributed by atoms with Crippen molar-refractivity contribution in [3.63, 3.8) is 0 Å². The van der Waals surface area contributed by atoms with E-state index in [2.05, 4.69) is 0 Å². The van der Waals surface area contributed by atoms with Gasteiger partial charge in [0.25, 0.3) is 5.91 Å². The number of nitrogens with two attached hydrogens (primary N) is 1. The second-order valence-electron chi connectivity index (χ2n) is 5.79. The minimum absolute atomic E-state index is 0.0581. The number of carbonyl (C=O) groups is 2. The number of primary amides is 1. The molecule has 0 bridgehead atoms. The van der Waals surface area contributed by atoms with Gasteiger partial charge in [0.05, 0.1) is 13.2 Å². The van der Waals surface area contributed by atoms with Gasteiger partial charge in [0, 0.05) is 12.1 Å². The maximum absolute atomic E-state index is 12.4. The molecule has 3 rings (SSSR count). The monoisotopic (exact) mass is 340 g/mol. The van der Waals surface area contributed by atoms with Gasteiger partial charge in [-0.25, -0.2) is 0 Å². The third-order valence-corrected chi connectivity index (χ3v) is 4.09. The van der Waals surface area contributed by atoms with E-state index in [1.807, 2.05) is 30.3 Å². The third-order valence-electron chi connectivity index (χ3n) is 4.09. The van der Waals surface area contributed by atoms with E-state index in [1.54, 1.807) is 29.2 Å². The maximum atomic E-state index is 12.4.